The molecule has 0 fully saturated rings. The van der Waals surface area contributed by atoms with E-state index in [1.165, 1.54) is 0 Å². The number of hydrogen-bond acceptors (Lipinski definition) is 3. The highest BCUT2D eigenvalue weighted by Gasteiger charge is 2.10. The number of para-hydroxylation sites is 1. The molecule has 0 aliphatic rings. The van der Waals surface area contributed by atoms with Crippen molar-refractivity contribution in [2.75, 3.05) is 9.38 Å². The predicted octanol–water partition coefficient (Wildman–Crippen LogP) is 3.68. The molecule has 3 rings (SSSR count). The topological polar surface area (TPSA) is 59.3 Å². The number of halogens is 1. The van der Waals surface area contributed by atoms with Gasteiger partial charge in [0.25, 0.3) is 0 Å². The van der Waals surface area contributed by atoms with Crippen LogP contribution in [0.3, 0.4) is 0 Å². The van der Waals surface area contributed by atoms with E-state index in [4.69, 9.17) is 4.42 Å². The average molecular weight is 340 g/mol. The Labute approximate surface area is 118 Å². The van der Waals surface area contributed by atoms with Gasteiger partial charge in [0.05, 0.1) is 0 Å². The zero-order valence-electron chi connectivity index (χ0n) is 9.76. The molecule has 1 aromatic heterocycles. The van der Waals surface area contributed by atoms with Crippen LogP contribution in [0.1, 0.15) is 0 Å². The lowest BCUT2D eigenvalue weighted by molar-refractivity contribution is 0.606. The fourth-order valence-corrected chi connectivity index (χ4v) is 2.88. The van der Waals surface area contributed by atoms with Gasteiger partial charge in [-0.1, -0.05) is 34.1 Å². The van der Waals surface area contributed by atoms with E-state index in [1.807, 2.05) is 24.3 Å². The molecule has 1 N–H and O–H groups in total. The predicted molar refractivity (Wildman–Crippen MR) is 80.1 cm³/mol. The van der Waals surface area contributed by atoms with Crippen LogP contribution in [0.25, 0.3) is 21.9 Å². The number of rotatable bonds is 3. The van der Waals surface area contributed by atoms with Gasteiger partial charge in [0.1, 0.15) is 15.8 Å². The molecule has 0 saturated heterocycles. The monoisotopic (exact) mass is 339 g/mol. The SMILES string of the molecule is O=S(=O)(CBr)Nc1ccc2oc3ccccc3c2c1. The molecule has 0 aliphatic heterocycles. The third-order valence-electron chi connectivity index (χ3n) is 2.79. The molecule has 0 unspecified atom stereocenters. The Kier molecular flexibility index (Phi) is 2.99. The second kappa shape index (κ2) is 4.54. The molecular weight excluding hydrogens is 330 g/mol. The van der Waals surface area contributed by atoms with E-state index in [-0.39, 0.29) is 4.66 Å². The van der Waals surface area contributed by atoms with Crippen molar-refractivity contribution >= 4 is 53.6 Å². The van der Waals surface area contributed by atoms with Crippen molar-refractivity contribution in [2.45, 2.75) is 0 Å². The molecule has 6 heteroatoms. The first-order valence-corrected chi connectivity index (χ1v) is 8.34. The van der Waals surface area contributed by atoms with Crippen LogP contribution in [0.2, 0.25) is 0 Å². The van der Waals surface area contributed by atoms with Gasteiger partial charge in [-0.05, 0) is 24.3 Å². The van der Waals surface area contributed by atoms with Gasteiger partial charge >= 0.3 is 0 Å². The van der Waals surface area contributed by atoms with E-state index in [0.29, 0.717) is 5.69 Å². The second-order valence-electron chi connectivity index (χ2n) is 4.14. The van der Waals surface area contributed by atoms with Gasteiger partial charge in [-0.2, -0.15) is 0 Å². The number of alkyl halides is 1. The van der Waals surface area contributed by atoms with Crippen LogP contribution >= 0.6 is 15.9 Å². The quantitative estimate of drug-likeness (QED) is 0.740. The maximum absolute atomic E-state index is 11.5. The summed E-state index contributed by atoms with van der Waals surface area (Å²) in [6.45, 7) is 0. The first-order valence-electron chi connectivity index (χ1n) is 5.57. The van der Waals surface area contributed by atoms with Crippen molar-refractivity contribution in [3.8, 4) is 0 Å². The Hall–Kier alpha value is -1.53. The van der Waals surface area contributed by atoms with Crippen LogP contribution in [0.5, 0.6) is 0 Å². The molecule has 1 heterocycles. The van der Waals surface area contributed by atoms with Crippen LogP contribution in [-0.4, -0.2) is 13.1 Å². The van der Waals surface area contributed by atoms with E-state index in [9.17, 15) is 8.42 Å². The minimum Gasteiger partial charge on any atom is -0.456 e. The maximum Gasteiger partial charge on any atom is 0.242 e. The third kappa shape index (κ3) is 2.33. The van der Waals surface area contributed by atoms with Gasteiger partial charge in [-0.25, -0.2) is 8.42 Å². The van der Waals surface area contributed by atoms with Gasteiger partial charge in [-0.15, -0.1) is 0 Å². The number of sulfonamides is 1. The molecule has 0 spiro atoms. The highest BCUT2D eigenvalue weighted by molar-refractivity contribution is 9.10. The van der Waals surface area contributed by atoms with Crippen LogP contribution in [0.4, 0.5) is 5.69 Å². The number of hydrogen-bond donors (Lipinski definition) is 1. The summed E-state index contributed by atoms with van der Waals surface area (Å²) in [6, 6.07) is 12.9. The molecule has 19 heavy (non-hydrogen) atoms. The van der Waals surface area contributed by atoms with Crippen LogP contribution in [0.15, 0.2) is 46.9 Å². The Balaban J connectivity index is 2.17. The fourth-order valence-electron chi connectivity index (χ4n) is 2.00. The summed E-state index contributed by atoms with van der Waals surface area (Å²) >= 11 is 2.94. The van der Waals surface area contributed by atoms with Crippen molar-refractivity contribution in [3.63, 3.8) is 0 Å². The number of benzene rings is 2. The van der Waals surface area contributed by atoms with Crippen molar-refractivity contribution in [2.24, 2.45) is 0 Å². The lowest BCUT2D eigenvalue weighted by Crippen LogP contribution is -2.12. The molecule has 0 radical (unpaired) electrons. The largest absolute Gasteiger partial charge is 0.456 e. The maximum atomic E-state index is 11.5. The number of furan rings is 1. The molecule has 3 aromatic rings. The van der Waals surface area contributed by atoms with E-state index >= 15 is 0 Å². The molecule has 0 bridgehead atoms. The molecule has 0 aliphatic carbocycles. The number of anilines is 1. The zero-order valence-corrected chi connectivity index (χ0v) is 12.2. The Bertz CT molecular complexity index is 855. The van der Waals surface area contributed by atoms with E-state index in [1.54, 1.807) is 18.2 Å². The smallest absolute Gasteiger partial charge is 0.242 e. The average Bonchev–Trinajstić information content (AvgIpc) is 2.76. The molecule has 2 aromatic carbocycles. The zero-order chi connectivity index (χ0) is 13.5. The second-order valence-corrected chi connectivity index (χ2v) is 7.16. The van der Waals surface area contributed by atoms with Crippen molar-refractivity contribution < 1.29 is 12.8 Å². The summed E-state index contributed by atoms with van der Waals surface area (Å²) in [4.78, 5) is 0. The van der Waals surface area contributed by atoms with Gasteiger partial charge in [-0.3, -0.25) is 4.72 Å². The van der Waals surface area contributed by atoms with E-state index in [0.717, 1.165) is 21.9 Å². The van der Waals surface area contributed by atoms with Crippen molar-refractivity contribution in [1.29, 1.82) is 0 Å². The Morgan fingerprint density at radius 2 is 1.79 bits per heavy atom. The minimum absolute atomic E-state index is 0.135. The standard InChI is InChI=1S/C13H10BrNO3S/c14-8-19(16,17)15-9-5-6-13-11(7-9)10-3-1-2-4-12(10)18-13/h1-7,15H,8H2. The summed E-state index contributed by atoms with van der Waals surface area (Å²) in [7, 11) is -3.34. The number of fused-ring (bicyclic) bond motifs is 3. The molecule has 0 amide bonds. The first kappa shape index (κ1) is 12.5. The highest BCUT2D eigenvalue weighted by atomic mass is 79.9. The van der Waals surface area contributed by atoms with Gasteiger partial charge in [0.15, 0.2) is 0 Å². The minimum atomic E-state index is -3.34. The summed E-state index contributed by atoms with van der Waals surface area (Å²) in [5, 5.41) is 1.86. The highest BCUT2D eigenvalue weighted by Crippen LogP contribution is 2.30. The molecular formula is C13H10BrNO3S. The van der Waals surface area contributed by atoms with E-state index in [2.05, 4.69) is 20.7 Å². The Morgan fingerprint density at radius 3 is 2.58 bits per heavy atom. The summed E-state index contributed by atoms with van der Waals surface area (Å²) in [5.41, 5.74) is 2.06. The lowest BCUT2D eigenvalue weighted by Gasteiger charge is -2.04. The summed E-state index contributed by atoms with van der Waals surface area (Å²) in [5.74, 6) is 0. The number of nitrogens with one attached hydrogen (secondary N) is 1. The van der Waals surface area contributed by atoms with Crippen LogP contribution in [-0.2, 0) is 10.0 Å². The molecule has 98 valence electrons. The normalized spacial score (nSPS) is 12.1. The Morgan fingerprint density at radius 1 is 1.05 bits per heavy atom. The molecule has 0 atom stereocenters. The molecule has 4 nitrogen and oxygen atoms in total. The van der Waals surface area contributed by atoms with Gasteiger partial charge in [0.2, 0.25) is 10.0 Å². The lowest BCUT2D eigenvalue weighted by atomic mass is 10.1. The molecule has 0 saturated carbocycles. The third-order valence-corrected chi connectivity index (χ3v) is 5.44. The van der Waals surface area contributed by atoms with Gasteiger partial charge < -0.3 is 4.42 Å². The summed E-state index contributed by atoms with van der Waals surface area (Å²) in [6.07, 6.45) is 0. The summed E-state index contributed by atoms with van der Waals surface area (Å²) < 4.78 is 31.1. The van der Waals surface area contributed by atoms with Crippen LogP contribution < -0.4 is 4.72 Å². The fraction of sp³-hybridized carbons (Fsp3) is 0.0769. The van der Waals surface area contributed by atoms with Crippen molar-refractivity contribution in [3.05, 3.63) is 42.5 Å². The van der Waals surface area contributed by atoms with Gasteiger partial charge in [0, 0.05) is 16.5 Å². The van der Waals surface area contributed by atoms with E-state index < -0.39 is 10.0 Å². The first-order chi connectivity index (χ1) is 9.09. The van der Waals surface area contributed by atoms with Crippen LogP contribution in [0, 0.1) is 0 Å². The van der Waals surface area contributed by atoms with Crippen molar-refractivity contribution in [1.82, 2.24) is 0 Å².